The number of H-pyrrole nitrogens is 1. The van der Waals surface area contributed by atoms with E-state index in [-0.39, 0.29) is 53.6 Å². The molecule has 2 heterocycles. The molecule has 4 rings (SSSR count). The third-order valence-electron chi connectivity index (χ3n) is 8.59. The molecule has 6 N–H and O–H groups in total. The number of aromatic nitrogens is 1. The lowest BCUT2D eigenvalue weighted by Crippen LogP contribution is -2.29. The van der Waals surface area contributed by atoms with Crippen molar-refractivity contribution >= 4 is 53.0 Å². The number of hydrogen-bond acceptors (Lipinski definition) is 10. The Morgan fingerprint density at radius 1 is 0.923 bits per heavy atom. The molecule has 0 spiro atoms. The van der Waals surface area contributed by atoms with Crippen LogP contribution in [0.5, 0.6) is 0 Å². The summed E-state index contributed by atoms with van der Waals surface area (Å²) < 4.78 is 11.0. The molecular weight excluding hydrogens is 685 g/mol. The highest BCUT2D eigenvalue weighted by Crippen LogP contribution is 2.39. The Hall–Kier alpha value is -4.85. The number of carbonyl (C=O) groups is 3. The van der Waals surface area contributed by atoms with Gasteiger partial charge in [0.05, 0.1) is 24.6 Å². The zero-order valence-electron chi connectivity index (χ0n) is 30.3. The SMILES string of the molecule is CCOC(=O)C1=C(c2ccccc2)C(=Cc2[nH]c(NC(O)C(C)SC)c(C(=O)OCC)c2-c2ccccc2)NC1=NC(O)C(C)CC(C)CC(=O)O. The normalized spacial score (nSPS) is 17.3. The van der Waals surface area contributed by atoms with Crippen molar-refractivity contribution in [1.82, 2.24) is 10.3 Å². The van der Waals surface area contributed by atoms with E-state index < -0.39 is 36.3 Å². The standard InChI is InChI=1S/C39H48N4O8S/c1-7-50-38(48)32-30(25-15-11-9-12-16-25)27(40-34(32)42-36(46)23(4)19-22(3)20-29(44)45)21-28-31(26-17-13-10-14-18-26)33(39(49)51-8-2)35(41-28)43-37(47)24(5)52-6/h9-18,21-24,36-37,41,43,46-47H,7-8,19-20H2,1-6H3,(H,40,42)(H,44,45). The molecule has 0 bridgehead atoms. The number of hydrogen-bond donors (Lipinski definition) is 6. The highest BCUT2D eigenvalue weighted by atomic mass is 32.2. The Labute approximate surface area is 308 Å². The van der Waals surface area contributed by atoms with Gasteiger partial charge in [-0.05, 0) is 56.6 Å². The number of benzene rings is 2. The lowest BCUT2D eigenvalue weighted by molar-refractivity contribution is -0.139. The summed E-state index contributed by atoms with van der Waals surface area (Å²) in [4.78, 5) is 46.5. The molecule has 0 radical (unpaired) electrons. The van der Waals surface area contributed by atoms with Crippen molar-refractivity contribution in [3.8, 4) is 11.1 Å². The number of carbonyl (C=O) groups excluding carboxylic acids is 2. The van der Waals surface area contributed by atoms with Crippen LogP contribution >= 0.6 is 11.8 Å². The van der Waals surface area contributed by atoms with Crippen molar-refractivity contribution < 1.29 is 39.2 Å². The first-order chi connectivity index (χ1) is 24.9. The number of amidine groups is 1. The van der Waals surface area contributed by atoms with Crippen molar-refractivity contribution in [2.45, 2.75) is 65.2 Å². The Kier molecular flexibility index (Phi) is 14.3. The van der Waals surface area contributed by atoms with Gasteiger partial charge in [0.25, 0.3) is 0 Å². The number of carboxylic acids is 1. The molecule has 0 saturated heterocycles. The number of carboxylic acid groups (broad SMARTS) is 1. The fourth-order valence-electron chi connectivity index (χ4n) is 6.00. The van der Waals surface area contributed by atoms with Crippen LogP contribution in [0.4, 0.5) is 5.82 Å². The van der Waals surface area contributed by atoms with E-state index in [0.29, 0.717) is 40.1 Å². The van der Waals surface area contributed by atoms with E-state index in [9.17, 15) is 29.7 Å². The molecule has 5 unspecified atom stereocenters. The first-order valence-corrected chi connectivity index (χ1v) is 18.6. The minimum atomic E-state index is -1.28. The van der Waals surface area contributed by atoms with Gasteiger partial charge in [0, 0.05) is 28.7 Å². The van der Waals surface area contributed by atoms with Gasteiger partial charge in [-0.25, -0.2) is 14.6 Å². The van der Waals surface area contributed by atoms with Crippen LogP contribution in [0.2, 0.25) is 0 Å². The Bertz CT molecular complexity index is 1800. The van der Waals surface area contributed by atoms with Crippen LogP contribution < -0.4 is 10.6 Å². The molecule has 13 heteroatoms. The van der Waals surface area contributed by atoms with Gasteiger partial charge in [-0.15, -0.1) is 0 Å². The summed E-state index contributed by atoms with van der Waals surface area (Å²) in [5.74, 6) is -2.51. The summed E-state index contributed by atoms with van der Waals surface area (Å²) in [5, 5.41) is 37.6. The number of ether oxygens (including phenoxy) is 2. The van der Waals surface area contributed by atoms with Crippen LogP contribution in [0.1, 0.15) is 69.1 Å². The van der Waals surface area contributed by atoms with Crippen LogP contribution in [-0.4, -0.2) is 81.2 Å². The summed E-state index contributed by atoms with van der Waals surface area (Å²) in [5.41, 5.74) is 3.47. The van der Waals surface area contributed by atoms with Crippen LogP contribution in [-0.2, 0) is 19.1 Å². The molecule has 12 nitrogen and oxygen atoms in total. The molecule has 1 aliphatic heterocycles. The number of allylic oxidation sites excluding steroid dienone is 1. The molecule has 278 valence electrons. The van der Waals surface area contributed by atoms with Gasteiger partial charge in [0.15, 0.2) is 0 Å². The minimum absolute atomic E-state index is 0.0529. The van der Waals surface area contributed by atoms with Gasteiger partial charge < -0.3 is 40.4 Å². The molecule has 1 aliphatic rings. The highest BCUT2D eigenvalue weighted by Gasteiger charge is 2.35. The maximum Gasteiger partial charge on any atom is 0.342 e. The highest BCUT2D eigenvalue weighted by molar-refractivity contribution is 7.99. The van der Waals surface area contributed by atoms with Gasteiger partial charge >= 0.3 is 17.9 Å². The van der Waals surface area contributed by atoms with E-state index in [2.05, 4.69) is 20.6 Å². The summed E-state index contributed by atoms with van der Waals surface area (Å²) in [6, 6.07) is 18.4. The van der Waals surface area contributed by atoms with Crippen molar-refractivity contribution in [1.29, 1.82) is 0 Å². The second kappa shape index (κ2) is 18.6. The number of aromatic amines is 1. The Balaban J connectivity index is 1.98. The molecule has 0 fully saturated rings. The van der Waals surface area contributed by atoms with Crippen LogP contribution in [0.15, 0.2) is 76.9 Å². The fraction of sp³-hybridized carbons (Fsp3) is 0.385. The van der Waals surface area contributed by atoms with E-state index in [1.807, 2.05) is 73.8 Å². The number of anilines is 1. The lowest BCUT2D eigenvalue weighted by atomic mass is 9.93. The van der Waals surface area contributed by atoms with Crippen molar-refractivity contribution in [2.75, 3.05) is 24.8 Å². The van der Waals surface area contributed by atoms with Crippen molar-refractivity contribution in [3.05, 3.63) is 88.8 Å². The zero-order valence-corrected chi connectivity index (χ0v) is 31.1. The maximum atomic E-state index is 13.7. The van der Waals surface area contributed by atoms with E-state index in [0.717, 1.165) is 0 Å². The summed E-state index contributed by atoms with van der Waals surface area (Å²) in [6.07, 6.45) is 1.65. The first-order valence-electron chi connectivity index (χ1n) is 17.3. The Morgan fingerprint density at radius 2 is 1.52 bits per heavy atom. The maximum absolute atomic E-state index is 13.7. The van der Waals surface area contributed by atoms with Crippen molar-refractivity contribution in [2.24, 2.45) is 16.8 Å². The van der Waals surface area contributed by atoms with Crippen LogP contribution in [0.25, 0.3) is 22.8 Å². The van der Waals surface area contributed by atoms with Gasteiger partial charge in [0.2, 0.25) is 0 Å². The fourth-order valence-corrected chi connectivity index (χ4v) is 6.33. The molecule has 3 aromatic rings. The number of nitrogens with zero attached hydrogens (tertiary/aromatic N) is 1. The molecule has 2 aromatic carbocycles. The lowest BCUT2D eigenvalue weighted by Gasteiger charge is -2.19. The quantitative estimate of drug-likeness (QED) is 0.0691. The summed E-state index contributed by atoms with van der Waals surface area (Å²) >= 11 is 1.45. The molecular formula is C39H48N4O8S. The zero-order chi connectivity index (χ0) is 37.9. The Morgan fingerprint density at radius 3 is 2.10 bits per heavy atom. The predicted molar refractivity (Wildman–Crippen MR) is 205 cm³/mol. The second-order valence-corrected chi connectivity index (χ2v) is 13.8. The first kappa shape index (κ1) is 39.9. The third kappa shape index (κ3) is 9.72. The number of esters is 2. The monoisotopic (exact) mass is 732 g/mol. The number of rotatable bonds is 17. The predicted octanol–water partition coefficient (Wildman–Crippen LogP) is 6.16. The van der Waals surface area contributed by atoms with Gasteiger partial charge in [-0.3, -0.25) is 4.79 Å². The van der Waals surface area contributed by atoms with E-state index in [4.69, 9.17) is 9.47 Å². The van der Waals surface area contributed by atoms with Gasteiger partial charge in [-0.1, -0.05) is 74.5 Å². The molecule has 0 saturated carbocycles. The molecule has 1 aromatic heterocycles. The van der Waals surface area contributed by atoms with E-state index >= 15 is 0 Å². The molecule has 52 heavy (non-hydrogen) atoms. The number of aliphatic hydroxyl groups is 2. The smallest absolute Gasteiger partial charge is 0.342 e. The van der Waals surface area contributed by atoms with Crippen LogP contribution in [0.3, 0.4) is 0 Å². The number of aliphatic hydroxyl groups excluding tert-OH is 2. The topological polar surface area (TPSA) is 183 Å². The number of aliphatic carboxylic acids is 1. The number of nitrogens with one attached hydrogen (secondary N) is 3. The summed E-state index contributed by atoms with van der Waals surface area (Å²) in [6.45, 7) is 9.05. The van der Waals surface area contributed by atoms with Gasteiger partial charge in [-0.2, -0.15) is 11.8 Å². The number of thioether (sulfide) groups is 1. The van der Waals surface area contributed by atoms with E-state index in [1.54, 1.807) is 33.8 Å². The largest absolute Gasteiger partial charge is 0.481 e. The molecule has 5 atom stereocenters. The van der Waals surface area contributed by atoms with Crippen molar-refractivity contribution in [3.63, 3.8) is 0 Å². The van der Waals surface area contributed by atoms with Gasteiger partial charge in [0.1, 0.15) is 35.2 Å². The minimum Gasteiger partial charge on any atom is -0.481 e. The molecule has 0 aliphatic carbocycles. The average Bonchev–Trinajstić information content (AvgIpc) is 3.65. The average molecular weight is 733 g/mol. The van der Waals surface area contributed by atoms with E-state index in [1.165, 1.54) is 11.8 Å². The summed E-state index contributed by atoms with van der Waals surface area (Å²) in [7, 11) is 0. The second-order valence-electron chi connectivity index (χ2n) is 12.6. The van der Waals surface area contributed by atoms with Crippen LogP contribution in [0, 0.1) is 11.8 Å². The molecule has 0 amide bonds. The number of aliphatic imine (C=N–C) groups is 1. The third-order valence-corrected chi connectivity index (χ3v) is 9.59.